The lowest BCUT2D eigenvalue weighted by molar-refractivity contribution is 0.0538. The van der Waals surface area contributed by atoms with Gasteiger partial charge in [0.1, 0.15) is 0 Å². The van der Waals surface area contributed by atoms with Crippen LogP contribution in [-0.4, -0.2) is 39.5 Å². The first kappa shape index (κ1) is 12.9. The zero-order chi connectivity index (χ0) is 10.8. The standard InChI is InChI=1S/C12H25NO2/c1-2-14-9-10-15-8-7-13-11-12-5-3-4-6-12/h12-13H,2-11H2,1H3. The monoisotopic (exact) mass is 215 g/mol. The second-order valence-electron chi connectivity index (χ2n) is 4.16. The first-order chi connectivity index (χ1) is 7.43. The normalized spacial score (nSPS) is 17.4. The SMILES string of the molecule is CCOCCOCCNCC1CCCC1. The first-order valence-electron chi connectivity index (χ1n) is 6.29. The lowest BCUT2D eigenvalue weighted by atomic mass is 10.1. The van der Waals surface area contributed by atoms with Crippen LogP contribution in [0.15, 0.2) is 0 Å². The maximum absolute atomic E-state index is 5.41. The lowest BCUT2D eigenvalue weighted by Gasteiger charge is -2.10. The van der Waals surface area contributed by atoms with E-state index in [9.17, 15) is 0 Å². The van der Waals surface area contributed by atoms with E-state index in [0.717, 1.165) is 38.9 Å². The van der Waals surface area contributed by atoms with Crippen LogP contribution in [0.25, 0.3) is 0 Å². The third kappa shape index (κ3) is 6.88. The highest BCUT2D eigenvalue weighted by Gasteiger charge is 2.13. The molecule has 1 N–H and O–H groups in total. The predicted octanol–water partition coefficient (Wildman–Crippen LogP) is 1.82. The van der Waals surface area contributed by atoms with Crippen molar-refractivity contribution in [3.05, 3.63) is 0 Å². The summed E-state index contributed by atoms with van der Waals surface area (Å²) in [5.74, 6) is 0.924. The first-order valence-corrected chi connectivity index (χ1v) is 6.29. The molecule has 1 saturated carbocycles. The third-order valence-corrected chi connectivity index (χ3v) is 2.91. The summed E-state index contributed by atoms with van der Waals surface area (Å²) in [7, 11) is 0. The van der Waals surface area contributed by atoms with Gasteiger partial charge in [-0.15, -0.1) is 0 Å². The highest BCUT2D eigenvalue weighted by atomic mass is 16.5. The Morgan fingerprint density at radius 1 is 1.07 bits per heavy atom. The molecule has 0 saturated heterocycles. The van der Waals surface area contributed by atoms with Crippen molar-refractivity contribution in [2.45, 2.75) is 32.6 Å². The minimum absolute atomic E-state index is 0.721. The number of hydrogen-bond donors (Lipinski definition) is 1. The van der Waals surface area contributed by atoms with Gasteiger partial charge in [-0.1, -0.05) is 12.8 Å². The zero-order valence-electron chi connectivity index (χ0n) is 9.96. The Labute approximate surface area is 93.5 Å². The average Bonchev–Trinajstić information content (AvgIpc) is 2.75. The molecule has 1 rings (SSSR count). The predicted molar refractivity (Wildman–Crippen MR) is 62.1 cm³/mol. The molecular weight excluding hydrogens is 190 g/mol. The van der Waals surface area contributed by atoms with Crippen LogP contribution in [-0.2, 0) is 9.47 Å². The number of hydrogen-bond acceptors (Lipinski definition) is 3. The van der Waals surface area contributed by atoms with Crippen LogP contribution in [0.1, 0.15) is 32.6 Å². The minimum atomic E-state index is 0.721. The van der Waals surface area contributed by atoms with E-state index in [0.29, 0.717) is 0 Å². The van der Waals surface area contributed by atoms with Crippen molar-refractivity contribution in [3.8, 4) is 0 Å². The topological polar surface area (TPSA) is 30.5 Å². The van der Waals surface area contributed by atoms with Crippen molar-refractivity contribution in [1.82, 2.24) is 5.32 Å². The van der Waals surface area contributed by atoms with Crippen molar-refractivity contribution in [2.75, 3.05) is 39.5 Å². The molecule has 0 spiro atoms. The molecule has 0 aliphatic heterocycles. The summed E-state index contributed by atoms with van der Waals surface area (Å²) in [4.78, 5) is 0. The quantitative estimate of drug-likeness (QED) is 0.595. The molecule has 0 bridgehead atoms. The molecule has 1 fully saturated rings. The molecule has 0 amide bonds. The summed E-state index contributed by atoms with van der Waals surface area (Å²) in [6.45, 7) is 7.18. The van der Waals surface area contributed by atoms with E-state index in [-0.39, 0.29) is 0 Å². The minimum Gasteiger partial charge on any atom is -0.379 e. The van der Waals surface area contributed by atoms with Crippen LogP contribution in [0.4, 0.5) is 0 Å². The molecule has 15 heavy (non-hydrogen) atoms. The Balaban J connectivity index is 1.73. The molecule has 3 heteroatoms. The van der Waals surface area contributed by atoms with Gasteiger partial charge in [-0.2, -0.15) is 0 Å². The molecule has 3 nitrogen and oxygen atoms in total. The van der Waals surface area contributed by atoms with E-state index in [1.165, 1.54) is 32.2 Å². The highest BCUT2D eigenvalue weighted by Crippen LogP contribution is 2.23. The van der Waals surface area contributed by atoms with Gasteiger partial charge >= 0.3 is 0 Å². The molecule has 1 aliphatic rings. The molecule has 0 aromatic rings. The lowest BCUT2D eigenvalue weighted by Crippen LogP contribution is -2.25. The van der Waals surface area contributed by atoms with Crippen LogP contribution in [0.3, 0.4) is 0 Å². The fourth-order valence-corrected chi connectivity index (χ4v) is 2.03. The Bertz CT molecular complexity index is 136. The highest BCUT2D eigenvalue weighted by molar-refractivity contribution is 4.69. The Morgan fingerprint density at radius 2 is 1.80 bits per heavy atom. The fraction of sp³-hybridized carbons (Fsp3) is 1.00. The van der Waals surface area contributed by atoms with E-state index in [2.05, 4.69) is 5.32 Å². The molecule has 1 aliphatic carbocycles. The van der Waals surface area contributed by atoms with Crippen LogP contribution in [0, 0.1) is 5.92 Å². The summed E-state index contributed by atoms with van der Waals surface area (Å²) in [6.07, 6.45) is 5.69. The Hall–Kier alpha value is -0.120. The van der Waals surface area contributed by atoms with Gasteiger partial charge in [0.05, 0.1) is 19.8 Å². The third-order valence-electron chi connectivity index (χ3n) is 2.91. The molecule has 0 heterocycles. The zero-order valence-corrected chi connectivity index (χ0v) is 9.96. The summed E-state index contributed by atoms with van der Waals surface area (Å²) < 4.78 is 10.6. The van der Waals surface area contributed by atoms with Crippen molar-refractivity contribution in [2.24, 2.45) is 5.92 Å². The molecule has 0 atom stereocenters. The van der Waals surface area contributed by atoms with Crippen molar-refractivity contribution in [1.29, 1.82) is 0 Å². The van der Waals surface area contributed by atoms with Crippen LogP contribution < -0.4 is 5.32 Å². The second-order valence-corrected chi connectivity index (χ2v) is 4.16. The summed E-state index contributed by atoms with van der Waals surface area (Å²) in [6, 6.07) is 0. The molecule has 0 aromatic heterocycles. The van der Waals surface area contributed by atoms with Crippen molar-refractivity contribution in [3.63, 3.8) is 0 Å². The van der Waals surface area contributed by atoms with Gasteiger partial charge in [-0.05, 0) is 32.2 Å². The summed E-state index contributed by atoms with van der Waals surface area (Å²) >= 11 is 0. The molecule has 90 valence electrons. The van der Waals surface area contributed by atoms with E-state index < -0.39 is 0 Å². The molecule has 0 radical (unpaired) electrons. The van der Waals surface area contributed by atoms with E-state index in [1.54, 1.807) is 0 Å². The van der Waals surface area contributed by atoms with Crippen molar-refractivity contribution < 1.29 is 9.47 Å². The Morgan fingerprint density at radius 3 is 2.53 bits per heavy atom. The van der Waals surface area contributed by atoms with Gasteiger partial charge in [0.15, 0.2) is 0 Å². The maximum Gasteiger partial charge on any atom is 0.0701 e. The van der Waals surface area contributed by atoms with E-state index >= 15 is 0 Å². The number of nitrogens with one attached hydrogen (secondary N) is 1. The summed E-state index contributed by atoms with van der Waals surface area (Å²) in [5, 5.41) is 3.45. The molecule has 0 unspecified atom stereocenters. The molecule has 0 aromatic carbocycles. The Kier molecular flexibility index (Phi) is 7.88. The second kappa shape index (κ2) is 9.13. The van der Waals surface area contributed by atoms with Crippen LogP contribution in [0.5, 0.6) is 0 Å². The van der Waals surface area contributed by atoms with Crippen molar-refractivity contribution >= 4 is 0 Å². The van der Waals surface area contributed by atoms with Gasteiger partial charge < -0.3 is 14.8 Å². The van der Waals surface area contributed by atoms with Gasteiger partial charge in [0, 0.05) is 13.2 Å². The fourth-order valence-electron chi connectivity index (χ4n) is 2.03. The van der Waals surface area contributed by atoms with E-state index in [4.69, 9.17) is 9.47 Å². The largest absolute Gasteiger partial charge is 0.379 e. The molecular formula is C12H25NO2. The van der Waals surface area contributed by atoms with Crippen LogP contribution in [0.2, 0.25) is 0 Å². The van der Waals surface area contributed by atoms with Gasteiger partial charge in [0.2, 0.25) is 0 Å². The maximum atomic E-state index is 5.41. The van der Waals surface area contributed by atoms with Gasteiger partial charge in [-0.25, -0.2) is 0 Å². The van der Waals surface area contributed by atoms with E-state index in [1.807, 2.05) is 6.92 Å². The average molecular weight is 215 g/mol. The van der Waals surface area contributed by atoms with Crippen LogP contribution >= 0.6 is 0 Å². The summed E-state index contributed by atoms with van der Waals surface area (Å²) in [5.41, 5.74) is 0. The van der Waals surface area contributed by atoms with Gasteiger partial charge in [0.25, 0.3) is 0 Å². The smallest absolute Gasteiger partial charge is 0.0701 e. The number of ether oxygens (including phenoxy) is 2. The van der Waals surface area contributed by atoms with Gasteiger partial charge in [-0.3, -0.25) is 0 Å². The number of rotatable bonds is 9.